The number of nitrogens with one attached hydrogen (secondary N) is 2. The van der Waals surface area contributed by atoms with Crippen molar-refractivity contribution >= 4 is 24.0 Å². The molecule has 19 heavy (non-hydrogen) atoms. The Labute approximate surface area is 119 Å². The molecule has 0 saturated carbocycles. The molecular formula is C14H20ClFN2O. The standard InChI is InChI=1S/C14H19FN2O.ClH/c15-12-2-1-3-13(10-12)17-14(18)5-4-11-6-8-16-9-7-11;/h1-3,10-11,16H,4-9H2,(H,17,18);1H. The number of amides is 1. The Morgan fingerprint density at radius 3 is 2.79 bits per heavy atom. The Balaban J connectivity index is 0.00000180. The molecule has 1 amide bonds. The molecule has 3 nitrogen and oxygen atoms in total. The number of halogens is 2. The second kappa shape index (κ2) is 8.12. The summed E-state index contributed by atoms with van der Waals surface area (Å²) in [7, 11) is 0. The molecule has 1 heterocycles. The Kier molecular flexibility index (Phi) is 6.81. The Bertz CT molecular complexity index is 408. The minimum absolute atomic E-state index is 0. The molecule has 2 rings (SSSR count). The van der Waals surface area contributed by atoms with Gasteiger partial charge in [0, 0.05) is 12.1 Å². The highest BCUT2D eigenvalue weighted by Crippen LogP contribution is 2.18. The van der Waals surface area contributed by atoms with Gasteiger partial charge >= 0.3 is 0 Å². The molecule has 0 bridgehead atoms. The molecule has 2 N–H and O–H groups in total. The summed E-state index contributed by atoms with van der Waals surface area (Å²) < 4.78 is 12.9. The fourth-order valence-corrected chi connectivity index (χ4v) is 2.30. The molecule has 1 fully saturated rings. The highest BCUT2D eigenvalue weighted by Gasteiger charge is 2.14. The van der Waals surface area contributed by atoms with Gasteiger partial charge in [-0.25, -0.2) is 4.39 Å². The summed E-state index contributed by atoms with van der Waals surface area (Å²) in [5, 5.41) is 6.03. The zero-order chi connectivity index (χ0) is 12.8. The summed E-state index contributed by atoms with van der Waals surface area (Å²) in [6.07, 6.45) is 3.73. The summed E-state index contributed by atoms with van der Waals surface area (Å²) in [6.45, 7) is 2.10. The van der Waals surface area contributed by atoms with E-state index in [-0.39, 0.29) is 24.1 Å². The fraction of sp³-hybridized carbons (Fsp3) is 0.500. The van der Waals surface area contributed by atoms with Crippen LogP contribution in [-0.4, -0.2) is 19.0 Å². The van der Waals surface area contributed by atoms with Crippen LogP contribution in [0.15, 0.2) is 24.3 Å². The predicted molar refractivity (Wildman–Crippen MR) is 77.1 cm³/mol. The van der Waals surface area contributed by atoms with E-state index in [0.717, 1.165) is 32.4 Å². The number of rotatable bonds is 4. The molecule has 1 aromatic carbocycles. The van der Waals surface area contributed by atoms with Crippen LogP contribution in [0.5, 0.6) is 0 Å². The van der Waals surface area contributed by atoms with Gasteiger partial charge in [-0.3, -0.25) is 4.79 Å². The van der Waals surface area contributed by atoms with Crippen LogP contribution in [0.3, 0.4) is 0 Å². The highest BCUT2D eigenvalue weighted by atomic mass is 35.5. The maximum atomic E-state index is 12.9. The van der Waals surface area contributed by atoms with Gasteiger partial charge in [0.05, 0.1) is 0 Å². The van der Waals surface area contributed by atoms with E-state index in [1.807, 2.05) is 0 Å². The zero-order valence-corrected chi connectivity index (χ0v) is 11.6. The molecule has 1 saturated heterocycles. The van der Waals surface area contributed by atoms with Crippen LogP contribution >= 0.6 is 12.4 Å². The van der Waals surface area contributed by atoms with Crippen molar-refractivity contribution in [1.29, 1.82) is 0 Å². The van der Waals surface area contributed by atoms with Crippen LogP contribution in [0.2, 0.25) is 0 Å². The van der Waals surface area contributed by atoms with Crippen LogP contribution in [0, 0.1) is 11.7 Å². The average molecular weight is 287 g/mol. The lowest BCUT2D eigenvalue weighted by Gasteiger charge is -2.22. The van der Waals surface area contributed by atoms with Crippen molar-refractivity contribution in [2.45, 2.75) is 25.7 Å². The normalized spacial score (nSPS) is 15.6. The first-order chi connectivity index (χ1) is 8.74. The van der Waals surface area contributed by atoms with E-state index in [1.54, 1.807) is 12.1 Å². The number of hydrogen-bond acceptors (Lipinski definition) is 2. The molecule has 0 atom stereocenters. The highest BCUT2D eigenvalue weighted by molar-refractivity contribution is 5.90. The van der Waals surface area contributed by atoms with E-state index >= 15 is 0 Å². The van der Waals surface area contributed by atoms with E-state index in [2.05, 4.69) is 10.6 Å². The third kappa shape index (κ3) is 5.57. The van der Waals surface area contributed by atoms with Gasteiger partial charge < -0.3 is 10.6 Å². The number of hydrogen-bond donors (Lipinski definition) is 2. The topological polar surface area (TPSA) is 41.1 Å². The van der Waals surface area contributed by atoms with Crippen LogP contribution in [0.4, 0.5) is 10.1 Å². The molecular weight excluding hydrogens is 267 g/mol. The van der Waals surface area contributed by atoms with Crippen molar-refractivity contribution in [3.8, 4) is 0 Å². The summed E-state index contributed by atoms with van der Waals surface area (Å²) in [4.78, 5) is 11.7. The fourth-order valence-electron chi connectivity index (χ4n) is 2.30. The Hall–Kier alpha value is -1.13. The molecule has 0 radical (unpaired) electrons. The minimum Gasteiger partial charge on any atom is -0.326 e. The Morgan fingerprint density at radius 2 is 2.11 bits per heavy atom. The lowest BCUT2D eigenvalue weighted by molar-refractivity contribution is -0.116. The van der Waals surface area contributed by atoms with E-state index in [1.165, 1.54) is 12.1 Å². The van der Waals surface area contributed by atoms with Gasteiger partial charge in [0.2, 0.25) is 5.91 Å². The number of anilines is 1. The lowest BCUT2D eigenvalue weighted by atomic mass is 9.93. The van der Waals surface area contributed by atoms with Crippen molar-refractivity contribution in [3.63, 3.8) is 0 Å². The van der Waals surface area contributed by atoms with Crippen LogP contribution in [0.25, 0.3) is 0 Å². The Morgan fingerprint density at radius 1 is 1.37 bits per heavy atom. The summed E-state index contributed by atoms with van der Waals surface area (Å²) >= 11 is 0. The van der Waals surface area contributed by atoms with Gasteiger partial charge in [0.1, 0.15) is 5.82 Å². The van der Waals surface area contributed by atoms with Crippen molar-refractivity contribution in [2.24, 2.45) is 5.92 Å². The van der Waals surface area contributed by atoms with Gasteiger partial charge in [-0.1, -0.05) is 6.07 Å². The number of piperidine rings is 1. The smallest absolute Gasteiger partial charge is 0.224 e. The molecule has 1 aromatic rings. The van der Waals surface area contributed by atoms with E-state index in [0.29, 0.717) is 18.0 Å². The van der Waals surface area contributed by atoms with Gasteiger partial charge in [0.15, 0.2) is 0 Å². The second-order valence-electron chi connectivity index (χ2n) is 4.79. The van der Waals surface area contributed by atoms with Crippen molar-refractivity contribution in [1.82, 2.24) is 5.32 Å². The first kappa shape index (κ1) is 15.9. The van der Waals surface area contributed by atoms with Crippen molar-refractivity contribution in [3.05, 3.63) is 30.1 Å². The summed E-state index contributed by atoms with van der Waals surface area (Å²) in [5.41, 5.74) is 0.533. The summed E-state index contributed by atoms with van der Waals surface area (Å²) in [6, 6.07) is 6.00. The molecule has 0 aliphatic carbocycles. The first-order valence-corrected chi connectivity index (χ1v) is 6.50. The monoisotopic (exact) mass is 286 g/mol. The average Bonchev–Trinajstić information content (AvgIpc) is 2.38. The third-order valence-corrected chi connectivity index (χ3v) is 3.35. The van der Waals surface area contributed by atoms with Gasteiger partial charge in [-0.2, -0.15) is 0 Å². The second-order valence-corrected chi connectivity index (χ2v) is 4.79. The molecule has 0 unspecified atom stereocenters. The van der Waals surface area contributed by atoms with Gasteiger partial charge in [-0.15, -0.1) is 12.4 Å². The molecule has 0 spiro atoms. The van der Waals surface area contributed by atoms with Crippen LogP contribution in [-0.2, 0) is 4.79 Å². The van der Waals surface area contributed by atoms with Crippen LogP contribution in [0.1, 0.15) is 25.7 Å². The lowest BCUT2D eigenvalue weighted by Crippen LogP contribution is -2.28. The molecule has 106 valence electrons. The van der Waals surface area contributed by atoms with Gasteiger partial charge in [0.25, 0.3) is 0 Å². The van der Waals surface area contributed by atoms with Crippen LogP contribution < -0.4 is 10.6 Å². The molecule has 0 aromatic heterocycles. The van der Waals surface area contributed by atoms with Crippen molar-refractivity contribution in [2.75, 3.05) is 18.4 Å². The third-order valence-electron chi connectivity index (χ3n) is 3.35. The van der Waals surface area contributed by atoms with E-state index < -0.39 is 0 Å². The van der Waals surface area contributed by atoms with E-state index in [4.69, 9.17) is 0 Å². The SMILES string of the molecule is Cl.O=C(CCC1CCNCC1)Nc1cccc(F)c1. The number of benzene rings is 1. The quantitative estimate of drug-likeness (QED) is 0.893. The summed E-state index contributed by atoms with van der Waals surface area (Å²) in [5.74, 6) is 0.287. The minimum atomic E-state index is -0.328. The van der Waals surface area contributed by atoms with Gasteiger partial charge in [-0.05, 0) is 56.5 Å². The largest absolute Gasteiger partial charge is 0.326 e. The molecule has 1 aliphatic rings. The van der Waals surface area contributed by atoms with Crippen molar-refractivity contribution < 1.29 is 9.18 Å². The first-order valence-electron chi connectivity index (χ1n) is 6.50. The number of carbonyl (C=O) groups excluding carboxylic acids is 1. The maximum absolute atomic E-state index is 12.9. The molecule has 5 heteroatoms. The number of carbonyl (C=O) groups is 1. The predicted octanol–water partition coefficient (Wildman–Crippen LogP) is 2.97. The maximum Gasteiger partial charge on any atom is 0.224 e. The zero-order valence-electron chi connectivity index (χ0n) is 10.8. The molecule has 1 aliphatic heterocycles. The van der Waals surface area contributed by atoms with E-state index in [9.17, 15) is 9.18 Å².